The van der Waals surface area contributed by atoms with Crippen molar-refractivity contribution in [2.45, 2.75) is 24.4 Å². The maximum atomic E-state index is 12.9. The molecule has 7 nitrogen and oxygen atoms in total. The highest BCUT2D eigenvalue weighted by molar-refractivity contribution is 7.99. The molecule has 5 rings (SSSR count). The van der Waals surface area contributed by atoms with E-state index in [1.807, 2.05) is 77.4 Å². The molecule has 1 saturated heterocycles. The number of carbonyl (C=O) groups excluding carboxylic acids is 2. The van der Waals surface area contributed by atoms with E-state index in [0.29, 0.717) is 30.2 Å². The predicted molar refractivity (Wildman–Crippen MR) is 138 cm³/mol. The number of amides is 2. The molecule has 1 aromatic heterocycles. The second kappa shape index (κ2) is 10.6. The number of benzene rings is 3. The SMILES string of the molecule is O=C(CSc1nnc(Cc2ccccc2)n1-c1ccccc1)Nc1ccccc1N1CCCC1=O. The van der Waals surface area contributed by atoms with Crippen LogP contribution in [0.5, 0.6) is 0 Å². The maximum absolute atomic E-state index is 12.9. The summed E-state index contributed by atoms with van der Waals surface area (Å²) in [6.45, 7) is 0.671. The van der Waals surface area contributed by atoms with Crippen molar-refractivity contribution < 1.29 is 9.59 Å². The van der Waals surface area contributed by atoms with Gasteiger partial charge in [0.2, 0.25) is 11.8 Å². The van der Waals surface area contributed by atoms with Gasteiger partial charge in [0.05, 0.1) is 17.1 Å². The first-order valence-corrected chi connectivity index (χ1v) is 12.5. The van der Waals surface area contributed by atoms with Crippen LogP contribution in [0, 0.1) is 0 Å². The number of hydrogen-bond acceptors (Lipinski definition) is 5. The highest BCUT2D eigenvalue weighted by Crippen LogP contribution is 2.30. The number of rotatable bonds is 8. The average Bonchev–Trinajstić information content (AvgIpc) is 3.50. The first-order chi connectivity index (χ1) is 17.2. The molecule has 2 heterocycles. The van der Waals surface area contributed by atoms with Gasteiger partial charge in [-0.15, -0.1) is 10.2 Å². The number of para-hydroxylation sites is 3. The standard InChI is InChI=1S/C27H25N5O2S/c33-25(28-22-14-7-8-15-23(22)31-17-9-16-26(31)34)19-35-27-30-29-24(18-20-10-3-1-4-11-20)32(27)21-12-5-2-6-13-21/h1-8,10-15H,9,16-19H2,(H,28,33). The molecule has 8 heteroatoms. The normalized spacial score (nSPS) is 13.3. The summed E-state index contributed by atoms with van der Waals surface area (Å²) in [5.41, 5.74) is 3.47. The van der Waals surface area contributed by atoms with Crippen molar-refractivity contribution in [2.24, 2.45) is 0 Å². The van der Waals surface area contributed by atoms with Crippen LogP contribution in [0.1, 0.15) is 24.2 Å². The lowest BCUT2D eigenvalue weighted by atomic mass is 10.1. The molecule has 35 heavy (non-hydrogen) atoms. The Balaban J connectivity index is 1.33. The molecule has 3 aromatic carbocycles. The van der Waals surface area contributed by atoms with Crippen molar-refractivity contribution in [2.75, 3.05) is 22.5 Å². The number of nitrogens with zero attached hydrogens (tertiary/aromatic N) is 4. The number of carbonyl (C=O) groups is 2. The van der Waals surface area contributed by atoms with Gasteiger partial charge < -0.3 is 10.2 Å². The van der Waals surface area contributed by atoms with Crippen molar-refractivity contribution in [3.05, 3.63) is 96.3 Å². The average molecular weight is 484 g/mol. The van der Waals surface area contributed by atoms with E-state index in [-0.39, 0.29) is 17.6 Å². The molecule has 0 atom stereocenters. The van der Waals surface area contributed by atoms with Crippen molar-refractivity contribution in [3.63, 3.8) is 0 Å². The molecular weight excluding hydrogens is 458 g/mol. The minimum Gasteiger partial charge on any atom is -0.324 e. The summed E-state index contributed by atoms with van der Waals surface area (Å²) in [6, 6.07) is 27.5. The molecule has 1 N–H and O–H groups in total. The Morgan fingerprint density at radius 3 is 2.37 bits per heavy atom. The molecule has 0 unspecified atom stereocenters. The Morgan fingerprint density at radius 2 is 1.63 bits per heavy atom. The number of nitrogens with one attached hydrogen (secondary N) is 1. The Kier molecular flexibility index (Phi) is 6.90. The third-order valence-corrected chi connectivity index (χ3v) is 6.72. The van der Waals surface area contributed by atoms with Gasteiger partial charge in [-0.05, 0) is 36.2 Å². The third kappa shape index (κ3) is 5.27. The van der Waals surface area contributed by atoms with E-state index in [0.717, 1.165) is 29.2 Å². The molecule has 0 aliphatic carbocycles. The number of hydrogen-bond donors (Lipinski definition) is 1. The van der Waals surface area contributed by atoms with Crippen LogP contribution in [0.4, 0.5) is 11.4 Å². The van der Waals surface area contributed by atoms with Gasteiger partial charge in [0.15, 0.2) is 5.16 Å². The zero-order valence-corrected chi connectivity index (χ0v) is 19.9. The summed E-state index contributed by atoms with van der Waals surface area (Å²) in [6.07, 6.45) is 2.00. The number of thioether (sulfide) groups is 1. The van der Waals surface area contributed by atoms with Crippen LogP contribution < -0.4 is 10.2 Å². The zero-order valence-electron chi connectivity index (χ0n) is 19.1. The quantitative estimate of drug-likeness (QED) is 0.367. The van der Waals surface area contributed by atoms with Gasteiger partial charge in [0, 0.05) is 25.1 Å². The first-order valence-electron chi connectivity index (χ1n) is 11.5. The maximum Gasteiger partial charge on any atom is 0.234 e. The molecule has 2 amide bonds. The molecule has 0 saturated carbocycles. The molecule has 1 aliphatic heterocycles. The van der Waals surface area contributed by atoms with E-state index in [1.54, 1.807) is 4.90 Å². The third-order valence-electron chi connectivity index (χ3n) is 5.79. The van der Waals surface area contributed by atoms with Crippen LogP contribution in [-0.2, 0) is 16.0 Å². The van der Waals surface area contributed by atoms with E-state index in [9.17, 15) is 9.59 Å². The summed E-state index contributed by atoms with van der Waals surface area (Å²) in [5.74, 6) is 0.894. The van der Waals surface area contributed by atoms with Crippen LogP contribution in [0.15, 0.2) is 90.1 Å². The zero-order chi connectivity index (χ0) is 24.0. The van der Waals surface area contributed by atoms with Crippen molar-refractivity contribution in [3.8, 4) is 5.69 Å². The lowest BCUT2D eigenvalue weighted by molar-refractivity contribution is -0.117. The van der Waals surface area contributed by atoms with E-state index in [2.05, 4.69) is 27.6 Å². The Labute approximate surface area is 208 Å². The highest BCUT2D eigenvalue weighted by atomic mass is 32.2. The lowest BCUT2D eigenvalue weighted by Gasteiger charge is -2.19. The van der Waals surface area contributed by atoms with Gasteiger partial charge in [0.1, 0.15) is 5.82 Å². The second-order valence-corrected chi connectivity index (χ2v) is 9.18. The summed E-state index contributed by atoms with van der Waals surface area (Å²) in [7, 11) is 0. The lowest BCUT2D eigenvalue weighted by Crippen LogP contribution is -2.26. The van der Waals surface area contributed by atoms with Gasteiger partial charge in [-0.25, -0.2) is 0 Å². The van der Waals surface area contributed by atoms with Gasteiger partial charge in [-0.2, -0.15) is 0 Å². The minimum absolute atomic E-state index is 0.0861. The van der Waals surface area contributed by atoms with Crippen molar-refractivity contribution >= 4 is 35.0 Å². The number of aromatic nitrogens is 3. The van der Waals surface area contributed by atoms with Crippen LogP contribution >= 0.6 is 11.8 Å². The summed E-state index contributed by atoms with van der Waals surface area (Å²) >= 11 is 1.34. The van der Waals surface area contributed by atoms with Gasteiger partial charge in [-0.1, -0.05) is 72.4 Å². The Morgan fingerprint density at radius 1 is 0.914 bits per heavy atom. The molecule has 0 spiro atoms. The van der Waals surface area contributed by atoms with Gasteiger partial charge in [0.25, 0.3) is 0 Å². The Hall–Kier alpha value is -3.91. The van der Waals surface area contributed by atoms with Crippen LogP contribution in [-0.4, -0.2) is 38.9 Å². The molecule has 176 valence electrons. The van der Waals surface area contributed by atoms with Gasteiger partial charge >= 0.3 is 0 Å². The largest absolute Gasteiger partial charge is 0.324 e. The summed E-state index contributed by atoms with van der Waals surface area (Å²) < 4.78 is 2.00. The first kappa shape index (κ1) is 22.9. The summed E-state index contributed by atoms with van der Waals surface area (Å²) in [5, 5.41) is 12.5. The van der Waals surface area contributed by atoms with E-state index in [1.165, 1.54) is 11.8 Å². The van der Waals surface area contributed by atoms with E-state index >= 15 is 0 Å². The second-order valence-electron chi connectivity index (χ2n) is 8.24. The van der Waals surface area contributed by atoms with Crippen molar-refractivity contribution in [1.82, 2.24) is 14.8 Å². The number of anilines is 2. The topological polar surface area (TPSA) is 80.1 Å². The molecule has 1 fully saturated rings. The van der Waals surface area contributed by atoms with Crippen LogP contribution in [0.25, 0.3) is 5.69 Å². The fourth-order valence-electron chi connectivity index (χ4n) is 4.16. The smallest absolute Gasteiger partial charge is 0.234 e. The monoisotopic (exact) mass is 483 g/mol. The van der Waals surface area contributed by atoms with Crippen molar-refractivity contribution in [1.29, 1.82) is 0 Å². The van der Waals surface area contributed by atoms with E-state index in [4.69, 9.17) is 0 Å². The molecule has 1 aliphatic rings. The van der Waals surface area contributed by atoms with Crippen LogP contribution in [0.2, 0.25) is 0 Å². The minimum atomic E-state index is -0.165. The fraction of sp³-hybridized carbons (Fsp3) is 0.185. The van der Waals surface area contributed by atoms with E-state index < -0.39 is 0 Å². The summed E-state index contributed by atoms with van der Waals surface area (Å²) in [4.78, 5) is 26.8. The highest BCUT2D eigenvalue weighted by Gasteiger charge is 2.24. The molecule has 0 bridgehead atoms. The van der Waals surface area contributed by atoms with Gasteiger partial charge in [-0.3, -0.25) is 14.2 Å². The predicted octanol–water partition coefficient (Wildman–Crippen LogP) is 4.72. The Bertz CT molecular complexity index is 1320. The molecule has 0 radical (unpaired) electrons. The van der Waals surface area contributed by atoms with Crippen LogP contribution in [0.3, 0.4) is 0 Å². The molecular formula is C27H25N5O2S. The fourth-order valence-corrected chi connectivity index (χ4v) is 4.93. The molecule has 4 aromatic rings.